The summed E-state index contributed by atoms with van der Waals surface area (Å²) in [6, 6.07) is 37.5. The summed E-state index contributed by atoms with van der Waals surface area (Å²) in [5, 5.41) is 9.11. The van der Waals surface area contributed by atoms with E-state index in [9.17, 15) is 0 Å². The second kappa shape index (κ2) is 8.93. The first kappa shape index (κ1) is 19.2. The van der Waals surface area contributed by atoms with E-state index in [-0.39, 0.29) is 0 Å². The van der Waals surface area contributed by atoms with Crippen molar-refractivity contribution in [3.63, 3.8) is 0 Å². The first-order valence-electron chi connectivity index (χ1n) is 9.39. The molecular weight excluding hydrogens is 467 g/mol. The fourth-order valence-corrected chi connectivity index (χ4v) is 3.81. The number of hydrogen-bond acceptors (Lipinski definition) is 2. The minimum absolute atomic E-state index is 0.659. The van der Waals surface area contributed by atoms with E-state index in [0.29, 0.717) is 5.56 Å². The molecule has 3 heteroatoms. The van der Waals surface area contributed by atoms with E-state index < -0.39 is 0 Å². The Hall–Kier alpha value is -3.10. The fraction of sp³-hybridized carbons (Fsp3) is 0.0385. The standard InChI is InChI=1S/C26H19IN2/c27-18-20-6-10-22(11-7-20)23-12-16-26(17-13-23)29(24-4-2-1-3-5-24)25-14-8-21(19-28)9-15-25/h1-17H,18H2. The minimum atomic E-state index is 0.659. The highest BCUT2D eigenvalue weighted by Crippen LogP contribution is 2.35. The van der Waals surface area contributed by atoms with Gasteiger partial charge in [0.15, 0.2) is 0 Å². The fourth-order valence-electron chi connectivity index (χ4n) is 3.30. The molecule has 0 bridgehead atoms. The normalized spacial score (nSPS) is 10.3. The smallest absolute Gasteiger partial charge is 0.0991 e. The van der Waals surface area contributed by atoms with Gasteiger partial charge in [-0.2, -0.15) is 5.26 Å². The number of alkyl halides is 1. The lowest BCUT2D eigenvalue weighted by Crippen LogP contribution is -2.09. The van der Waals surface area contributed by atoms with Crippen LogP contribution in [0.3, 0.4) is 0 Å². The Morgan fingerprint density at radius 1 is 0.621 bits per heavy atom. The van der Waals surface area contributed by atoms with Gasteiger partial charge < -0.3 is 4.90 Å². The maximum Gasteiger partial charge on any atom is 0.0991 e. The van der Waals surface area contributed by atoms with Gasteiger partial charge in [-0.25, -0.2) is 0 Å². The van der Waals surface area contributed by atoms with Crippen molar-refractivity contribution in [3.8, 4) is 17.2 Å². The van der Waals surface area contributed by atoms with E-state index in [1.54, 1.807) is 0 Å². The minimum Gasteiger partial charge on any atom is -0.311 e. The third kappa shape index (κ3) is 4.33. The van der Waals surface area contributed by atoms with Crippen molar-refractivity contribution in [2.75, 3.05) is 4.90 Å². The number of benzene rings is 4. The number of rotatable bonds is 5. The van der Waals surface area contributed by atoms with Crippen molar-refractivity contribution < 1.29 is 0 Å². The summed E-state index contributed by atoms with van der Waals surface area (Å²) in [6.07, 6.45) is 0. The predicted molar refractivity (Wildman–Crippen MR) is 129 cm³/mol. The van der Waals surface area contributed by atoms with Gasteiger partial charge in [0.25, 0.3) is 0 Å². The molecule has 0 fully saturated rings. The molecule has 4 aromatic rings. The number of hydrogen-bond donors (Lipinski definition) is 0. The SMILES string of the molecule is N#Cc1ccc(N(c2ccccc2)c2ccc(-c3ccc(CI)cc3)cc2)cc1. The monoisotopic (exact) mass is 486 g/mol. The van der Waals surface area contributed by atoms with E-state index in [1.165, 1.54) is 16.7 Å². The van der Waals surface area contributed by atoms with Crippen molar-refractivity contribution in [1.82, 2.24) is 0 Å². The zero-order chi connectivity index (χ0) is 20.1. The molecule has 0 unspecified atom stereocenters. The lowest BCUT2D eigenvalue weighted by molar-refractivity contribution is 1.28. The Labute approximate surface area is 185 Å². The van der Waals surface area contributed by atoms with Gasteiger partial charge in [-0.3, -0.25) is 0 Å². The van der Waals surface area contributed by atoms with E-state index in [1.807, 2.05) is 42.5 Å². The summed E-state index contributed by atoms with van der Waals surface area (Å²) in [5.41, 5.74) is 7.59. The number of nitrogens with zero attached hydrogens (tertiary/aromatic N) is 2. The molecule has 0 aliphatic rings. The molecule has 0 radical (unpaired) electrons. The second-order valence-electron chi connectivity index (χ2n) is 6.71. The Morgan fingerprint density at radius 2 is 1.10 bits per heavy atom. The van der Waals surface area contributed by atoms with Crippen LogP contribution in [0.4, 0.5) is 17.1 Å². The average Bonchev–Trinajstić information content (AvgIpc) is 2.81. The molecule has 140 valence electrons. The van der Waals surface area contributed by atoms with Crippen LogP contribution < -0.4 is 4.90 Å². The van der Waals surface area contributed by atoms with E-state index in [4.69, 9.17) is 5.26 Å². The maximum atomic E-state index is 9.11. The third-order valence-corrected chi connectivity index (χ3v) is 5.72. The van der Waals surface area contributed by atoms with Gasteiger partial charge >= 0.3 is 0 Å². The summed E-state index contributed by atoms with van der Waals surface area (Å²) in [7, 11) is 0. The molecule has 29 heavy (non-hydrogen) atoms. The number of para-hydroxylation sites is 1. The van der Waals surface area contributed by atoms with Crippen molar-refractivity contribution in [1.29, 1.82) is 5.26 Å². The Morgan fingerprint density at radius 3 is 1.62 bits per heavy atom. The molecule has 4 rings (SSSR count). The second-order valence-corrected chi connectivity index (χ2v) is 7.47. The van der Waals surface area contributed by atoms with Gasteiger partial charge in [0.05, 0.1) is 11.6 Å². The Kier molecular flexibility index (Phi) is 5.92. The van der Waals surface area contributed by atoms with Crippen LogP contribution in [0.25, 0.3) is 11.1 Å². The summed E-state index contributed by atoms with van der Waals surface area (Å²) in [6.45, 7) is 0. The van der Waals surface area contributed by atoms with Crippen molar-refractivity contribution in [2.45, 2.75) is 4.43 Å². The highest BCUT2D eigenvalue weighted by molar-refractivity contribution is 14.1. The molecule has 0 atom stereocenters. The number of nitriles is 1. The quantitative estimate of drug-likeness (QED) is 0.214. The van der Waals surface area contributed by atoms with E-state index in [0.717, 1.165) is 21.5 Å². The molecule has 0 saturated carbocycles. The zero-order valence-corrected chi connectivity index (χ0v) is 18.0. The number of halogens is 1. The van der Waals surface area contributed by atoms with Crippen molar-refractivity contribution in [2.24, 2.45) is 0 Å². The van der Waals surface area contributed by atoms with Crippen LogP contribution >= 0.6 is 22.6 Å². The van der Waals surface area contributed by atoms with Crippen LogP contribution in [0.5, 0.6) is 0 Å². The lowest BCUT2D eigenvalue weighted by atomic mass is 10.0. The largest absolute Gasteiger partial charge is 0.311 e. The molecule has 0 aromatic heterocycles. The molecule has 0 amide bonds. The average molecular weight is 486 g/mol. The Bertz CT molecular complexity index is 1110. The van der Waals surface area contributed by atoms with Crippen LogP contribution in [0, 0.1) is 11.3 Å². The molecule has 0 N–H and O–H groups in total. The molecule has 4 aromatic carbocycles. The Balaban J connectivity index is 1.71. The van der Waals surface area contributed by atoms with Crippen LogP contribution in [-0.2, 0) is 4.43 Å². The van der Waals surface area contributed by atoms with Crippen LogP contribution in [0.15, 0.2) is 103 Å². The highest BCUT2D eigenvalue weighted by Gasteiger charge is 2.12. The molecule has 0 spiro atoms. The predicted octanol–water partition coefficient (Wildman–Crippen LogP) is 7.63. The molecule has 0 heterocycles. The van der Waals surface area contributed by atoms with E-state index >= 15 is 0 Å². The third-order valence-electron chi connectivity index (χ3n) is 4.84. The van der Waals surface area contributed by atoms with Gasteiger partial charge in [0.2, 0.25) is 0 Å². The molecule has 0 aliphatic carbocycles. The summed E-state index contributed by atoms with van der Waals surface area (Å²) in [4.78, 5) is 2.20. The maximum absolute atomic E-state index is 9.11. The van der Waals surface area contributed by atoms with Gasteiger partial charge in [-0.15, -0.1) is 0 Å². The van der Waals surface area contributed by atoms with Gasteiger partial charge in [-0.05, 0) is 65.2 Å². The number of anilines is 3. The van der Waals surface area contributed by atoms with Crippen molar-refractivity contribution in [3.05, 3.63) is 114 Å². The highest BCUT2D eigenvalue weighted by atomic mass is 127. The summed E-state index contributed by atoms with van der Waals surface area (Å²) >= 11 is 2.38. The molecular formula is C26H19IN2. The molecule has 0 aliphatic heterocycles. The molecule has 2 nitrogen and oxygen atoms in total. The first-order chi connectivity index (χ1) is 14.3. The first-order valence-corrected chi connectivity index (χ1v) is 10.9. The lowest BCUT2D eigenvalue weighted by Gasteiger charge is -2.25. The van der Waals surface area contributed by atoms with Crippen molar-refractivity contribution >= 4 is 39.7 Å². The zero-order valence-electron chi connectivity index (χ0n) is 15.8. The van der Waals surface area contributed by atoms with Gasteiger partial charge in [0.1, 0.15) is 0 Å². The van der Waals surface area contributed by atoms with E-state index in [2.05, 4.69) is 94.2 Å². The van der Waals surface area contributed by atoms with Crippen LogP contribution in [0.2, 0.25) is 0 Å². The molecule has 0 saturated heterocycles. The van der Waals surface area contributed by atoms with Gasteiger partial charge in [0, 0.05) is 21.5 Å². The summed E-state index contributed by atoms with van der Waals surface area (Å²) < 4.78 is 1.02. The topological polar surface area (TPSA) is 27.0 Å². The summed E-state index contributed by atoms with van der Waals surface area (Å²) in [5.74, 6) is 0. The van der Waals surface area contributed by atoms with Crippen LogP contribution in [0.1, 0.15) is 11.1 Å². The van der Waals surface area contributed by atoms with Gasteiger partial charge in [-0.1, -0.05) is 77.2 Å². The van der Waals surface area contributed by atoms with Crippen LogP contribution in [-0.4, -0.2) is 0 Å².